The van der Waals surface area contributed by atoms with Gasteiger partial charge in [-0.3, -0.25) is 4.79 Å². The van der Waals surface area contributed by atoms with Gasteiger partial charge in [-0.2, -0.15) is 0 Å². The molecule has 16 heavy (non-hydrogen) atoms. The van der Waals surface area contributed by atoms with Gasteiger partial charge < -0.3 is 10.2 Å². The topological polar surface area (TPSA) is 95.1 Å². The number of carbonyl (C=O) groups is 1. The number of guanidine groups is 1. The van der Waals surface area contributed by atoms with E-state index < -0.39 is 0 Å². The Labute approximate surface area is 91.2 Å². The van der Waals surface area contributed by atoms with Crippen LogP contribution in [0.5, 0.6) is 0 Å². The van der Waals surface area contributed by atoms with Crippen LogP contribution in [0.3, 0.4) is 0 Å². The SMILES string of the molecule is CC(=O)NC(N)=[NH+]c1nc2ccccc2o1. The number of nitrogens with two attached hydrogens (primary N) is 1. The second kappa shape index (κ2) is 4.01. The molecule has 0 bridgehead atoms. The Morgan fingerprint density at radius 2 is 2.25 bits per heavy atom. The Hall–Kier alpha value is -2.37. The van der Waals surface area contributed by atoms with Crippen molar-refractivity contribution in [3.05, 3.63) is 24.3 Å². The summed E-state index contributed by atoms with van der Waals surface area (Å²) in [5.41, 5.74) is 6.88. The van der Waals surface area contributed by atoms with Crippen molar-refractivity contribution in [1.29, 1.82) is 0 Å². The van der Waals surface area contributed by atoms with E-state index in [-0.39, 0.29) is 17.9 Å². The molecule has 0 radical (unpaired) electrons. The molecule has 2 rings (SSSR count). The van der Waals surface area contributed by atoms with Gasteiger partial charge in [0.25, 0.3) is 5.91 Å². The summed E-state index contributed by atoms with van der Waals surface area (Å²) in [5, 5.41) is 2.38. The highest BCUT2D eigenvalue weighted by Gasteiger charge is 2.09. The number of benzene rings is 1. The fraction of sp³-hybridized carbons (Fsp3) is 0.100. The number of carbonyl (C=O) groups excluding carboxylic acids is 1. The quantitative estimate of drug-likeness (QED) is 0.423. The molecule has 0 saturated heterocycles. The van der Waals surface area contributed by atoms with Crippen LogP contribution >= 0.6 is 0 Å². The number of oxazole rings is 1. The molecular weight excluding hydrogens is 208 g/mol. The molecule has 1 aromatic carbocycles. The summed E-state index contributed by atoms with van der Waals surface area (Å²) >= 11 is 0. The molecule has 0 unspecified atom stereocenters. The van der Waals surface area contributed by atoms with Crippen molar-refractivity contribution in [2.75, 3.05) is 0 Å². The van der Waals surface area contributed by atoms with Crippen molar-refractivity contribution in [2.45, 2.75) is 6.92 Å². The lowest BCUT2D eigenvalue weighted by Gasteiger charge is -1.91. The number of para-hydroxylation sites is 2. The van der Waals surface area contributed by atoms with E-state index >= 15 is 0 Å². The highest BCUT2D eigenvalue weighted by molar-refractivity contribution is 5.92. The van der Waals surface area contributed by atoms with Gasteiger partial charge in [0.05, 0.1) is 0 Å². The molecule has 0 spiro atoms. The Bertz CT molecular complexity index is 526. The van der Waals surface area contributed by atoms with Crippen molar-refractivity contribution in [2.24, 2.45) is 5.73 Å². The van der Waals surface area contributed by atoms with E-state index in [1.807, 2.05) is 18.2 Å². The third kappa shape index (κ3) is 2.17. The molecule has 1 amide bonds. The average molecular weight is 219 g/mol. The molecule has 0 atom stereocenters. The van der Waals surface area contributed by atoms with E-state index in [0.717, 1.165) is 5.52 Å². The first-order chi connectivity index (χ1) is 7.65. The molecule has 0 aliphatic rings. The molecule has 1 heterocycles. The van der Waals surface area contributed by atoms with Crippen LogP contribution in [0, 0.1) is 0 Å². The van der Waals surface area contributed by atoms with Crippen molar-refractivity contribution < 1.29 is 14.2 Å². The molecule has 6 nitrogen and oxygen atoms in total. The molecule has 0 fully saturated rings. The smallest absolute Gasteiger partial charge is 0.404 e. The number of fused-ring (bicyclic) bond motifs is 1. The monoisotopic (exact) mass is 219 g/mol. The summed E-state index contributed by atoms with van der Waals surface area (Å²) < 4.78 is 5.35. The molecule has 82 valence electrons. The van der Waals surface area contributed by atoms with Gasteiger partial charge in [-0.15, -0.1) is 0 Å². The van der Waals surface area contributed by atoms with E-state index in [1.165, 1.54) is 6.92 Å². The van der Waals surface area contributed by atoms with Crippen molar-refractivity contribution in [3.63, 3.8) is 0 Å². The normalized spacial score (nSPS) is 11.7. The lowest BCUT2D eigenvalue weighted by Crippen LogP contribution is -2.74. The molecule has 0 saturated carbocycles. The van der Waals surface area contributed by atoms with Crippen LogP contribution in [0.4, 0.5) is 6.01 Å². The Kier molecular flexibility index (Phi) is 2.55. The molecular formula is C10H11N4O2+. The Morgan fingerprint density at radius 3 is 2.94 bits per heavy atom. The summed E-state index contributed by atoms with van der Waals surface area (Å²) in [4.78, 5) is 17.5. The van der Waals surface area contributed by atoms with Gasteiger partial charge >= 0.3 is 12.0 Å². The summed E-state index contributed by atoms with van der Waals surface area (Å²) in [5.74, 6) is -0.180. The number of amides is 1. The van der Waals surface area contributed by atoms with Gasteiger partial charge in [-0.05, 0) is 12.1 Å². The molecule has 4 N–H and O–H groups in total. The first kappa shape index (κ1) is 10.2. The van der Waals surface area contributed by atoms with Crippen LogP contribution in [-0.4, -0.2) is 16.9 Å². The maximum absolute atomic E-state index is 10.7. The minimum Gasteiger partial charge on any atom is -0.404 e. The van der Waals surface area contributed by atoms with Crippen LogP contribution in [0.25, 0.3) is 11.1 Å². The molecule has 6 heteroatoms. The molecule has 0 aliphatic heterocycles. The lowest BCUT2D eigenvalue weighted by atomic mass is 10.3. The summed E-state index contributed by atoms with van der Waals surface area (Å²) in [6, 6.07) is 7.56. The fourth-order valence-electron chi connectivity index (χ4n) is 1.26. The zero-order valence-corrected chi connectivity index (χ0v) is 8.65. The summed E-state index contributed by atoms with van der Waals surface area (Å²) in [7, 11) is 0. The third-order valence-corrected chi connectivity index (χ3v) is 1.85. The predicted octanol–water partition coefficient (Wildman–Crippen LogP) is -1.01. The maximum Gasteiger partial charge on any atom is 0.406 e. The van der Waals surface area contributed by atoms with Gasteiger partial charge in [0.15, 0.2) is 11.1 Å². The minimum atomic E-state index is -0.263. The zero-order chi connectivity index (χ0) is 11.5. The lowest BCUT2D eigenvalue weighted by molar-refractivity contribution is -0.381. The number of nitrogens with zero attached hydrogens (tertiary/aromatic N) is 1. The molecule has 1 aromatic heterocycles. The number of hydrogen-bond acceptors (Lipinski definition) is 3. The van der Waals surface area contributed by atoms with Gasteiger partial charge in [0, 0.05) is 6.92 Å². The van der Waals surface area contributed by atoms with Crippen LogP contribution in [0.1, 0.15) is 6.92 Å². The Morgan fingerprint density at radius 1 is 1.50 bits per heavy atom. The Balaban J connectivity index is 2.30. The number of aromatic nitrogens is 1. The van der Waals surface area contributed by atoms with E-state index in [2.05, 4.69) is 15.3 Å². The standard InChI is InChI=1S/C10H10N4O2/c1-6(15)12-9(11)14-10-13-7-4-2-3-5-8(7)16-10/h2-5H,1H3,(H3,11,12,13,14,15)/p+1. The summed E-state index contributed by atoms with van der Waals surface area (Å²) in [6.07, 6.45) is 0. The van der Waals surface area contributed by atoms with E-state index in [4.69, 9.17) is 10.2 Å². The van der Waals surface area contributed by atoms with Gasteiger partial charge in [0.1, 0.15) is 0 Å². The third-order valence-electron chi connectivity index (χ3n) is 1.85. The second-order valence-electron chi connectivity index (χ2n) is 3.21. The molecule has 2 aromatic rings. The van der Waals surface area contributed by atoms with Crippen molar-refractivity contribution >= 4 is 29.0 Å². The summed E-state index contributed by atoms with van der Waals surface area (Å²) in [6.45, 7) is 1.36. The number of nitrogens with one attached hydrogen (secondary N) is 2. The maximum atomic E-state index is 10.7. The largest absolute Gasteiger partial charge is 0.406 e. The van der Waals surface area contributed by atoms with Crippen LogP contribution in [-0.2, 0) is 4.79 Å². The number of hydrogen-bond donors (Lipinski definition) is 3. The van der Waals surface area contributed by atoms with Crippen molar-refractivity contribution in [3.8, 4) is 0 Å². The second-order valence-corrected chi connectivity index (χ2v) is 3.21. The zero-order valence-electron chi connectivity index (χ0n) is 8.65. The van der Waals surface area contributed by atoms with Gasteiger partial charge in [0.2, 0.25) is 0 Å². The van der Waals surface area contributed by atoms with Crippen LogP contribution in [0.2, 0.25) is 0 Å². The number of rotatable bonds is 1. The van der Waals surface area contributed by atoms with E-state index in [1.54, 1.807) is 6.07 Å². The van der Waals surface area contributed by atoms with Crippen LogP contribution in [0.15, 0.2) is 28.7 Å². The average Bonchev–Trinajstić information content (AvgIpc) is 2.57. The highest BCUT2D eigenvalue weighted by Crippen LogP contribution is 2.14. The van der Waals surface area contributed by atoms with Gasteiger partial charge in [-0.25, -0.2) is 10.3 Å². The first-order valence-electron chi connectivity index (χ1n) is 4.68. The van der Waals surface area contributed by atoms with Crippen molar-refractivity contribution in [1.82, 2.24) is 10.3 Å². The fourth-order valence-corrected chi connectivity index (χ4v) is 1.26. The van der Waals surface area contributed by atoms with E-state index in [9.17, 15) is 4.79 Å². The van der Waals surface area contributed by atoms with Crippen LogP contribution < -0.4 is 16.0 Å². The van der Waals surface area contributed by atoms with E-state index in [0.29, 0.717) is 5.58 Å². The minimum absolute atomic E-state index is 0.0825. The first-order valence-corrected chi connectivity index (χ1v) is 4.68. The highest BCUT2D eigenvalue weighted by atomic mass is 16.4. The predicted molar refractivity (Wildman–Crippen MR) is 57.6 cm³/mol. The van der Waals surface area contributed by atoms with Gasteiger partial charge in [-0.1, -0.05) is 17.1 Å². The molecule has 0 aliphatic carbocycles.